The molecule has 9 heteroatoms. The zero-order valence-corrected chi connectivity index (χ0v) is 14.6. The second-order valence-electron chi connectivity index (χ2n) is 5.61. The number of hydrogen-bond acceptors (Lipinski definition) is 7. The van der Waals surface area contributed by atoms with Crippen molar-refractivity contribution in [2.24, 2.45) is 0 Å². The van der Waals surface area contributed by atoms with Crippen LogP contribution in [0.5, 0.6) is 0 Å². The lowest BCUT2D eigenvalue weighted by Gasteiger charge is -2.22. The average Bonchev–Trinajstić information content (AvgIpc) is 3.20. The molecular weight excluding hydrogens is 336 g/mol. The Morgan fingerprint density at radius 1 is 1.22 bits per heavy atom. The van der Waals surface area contributed by atoms with E-state index in [0.29, 0.717) is 18.3 Å². The van der Waals surface area contributed by atoms with E-state index >= 15 is 0 Å². The van der Waals surface area contributed by atoms with Gasteiger partial charge in [-0.2, -0.15) is 0 Å². The number of aromatic nitrogens is 2. The Bertz CT molecular complexity index is 502. The minimum absolute atomic E-state index is 0.0886. The van der Waals surface area contributed by atoms with Crippen LogP contribution in [0.4, 0.5) is 9.93 Å². The van der Waals surface area contributed by atoms with Gasteiger partial charge in [0.25, 0.3) is 0 Å². The van der Waals surface area contributed by atoms with Crippen LogP contribution in [0, 0.1) is 0 Å². The summed E-state index contributed by atoms with van der Waals surface area (Å²) in [7, 11) is 0. The van der Waals surface area contributed by atoms with Gasteiger partial charge in [-0.15, -0.1) is 10.2 Å². The van der Waals surface area contributed by atoms with Gasteiger partial charge in [-0.3, -0.25) is 5.32 Å². The van der Waals surface area contributed by atoms with Gasteiger partial charge in [0.1, 0.15) is 0 Å². The third kappa shape index (κ3) is 5.59. The maximum atomic E-state index is 12.0. The molecule has 2 fully saturated rings. The molecule has 2 N–H and O–H groups in total. The first kappa shape index (κ1) is 16.9. The number of nitrogens with one attached hydrogen (secondary N) is 2. The van der Waals surface area contributed by atoms with Crippen molar-refractivity contribution in [1.82, 2.24) is 15.5 Å². The Labute approximate surface area is 143 Å². The molecule has 2 amide bonds. The lowest BCUT2D eigenvalue weighted by molar-refractivity contribution is -0.0421. The molecule has 0 bridgehead atoms. The van der Waals surface area contributed by atoms with Crippen molar-refractivity contribution in [1.29, 1.82) is 0 Å². The number of anilines is 1. The zero-order chi connectivity index (χ0) is 15.9. The predicted molar refractivity (Wildman–Crippen MR) is 90.0 cm³/mol. The zero-order valence-electron chi connectivity index (χ0n) is 13.0. The summed E-state index contributed by atoms with van der Waals surface area (Å²) in [5.41, 5.74) is 0. The first-order valence-corrected chi connectivity index (χ1v) is 9.87. The minimum Gasteiger partial charge on any atom is -0.350 e. The fourth-order valence-electron chi connectivity index (χ4n) is 2.70. The topological polar surface area (TPSA) is 85.4 Å². The van der Waals surface area contributed by atoms with Crippen LogP contribution in [-0.4, -0.2) is 47.5 Å². The van der Waals surface area contributed by atoms with Crippen LogP contribution in [0.1, 0.15) is 38.5 Å². The number of ether oxygens (including phenoxy) is 2. The van der Waals surface area contributed by atoms with Crippen molar-refractivity contribution in [3.05, 3.63) is 0 Å². The Morgan fingerprint density at radius 2 is 2.00 bits per heavy atom. The molecule has 23 heavy (non-hydrogen) atoms. The normalized spacial score (nSPS) is 19.8. The minimum atomic E-state index is -0.183. The monoisotopic (exact) mass is 358 g/mol. The number of nitrogens with zero attached hydrogens (tertiary/aromatic N) is 2. The molecule has 0 unspecified atom stereocenters. The quantitative estimate of drug-likeness (QED) is 0.601. The lowest BCUT2D eigenvalue weighted by Crippen LogP contribution is -2.38. The molecule has 2 aliphatic rings. The van der Waals surface area contributed by atoms with E-state index in [-0.39, 0.29) is 18.4 Å². The molecule has 1 aromatic heterocycles. The van der Waals surface area contributed by atoms with E-state index in [9.17, 15) is 4.79 Å². The number of carbonyl (C=O) groups is 1. The van der Waals surface area contributed by atoms with E-state index in [2.05, 4.69) is 20.8 Å². The summed E-state index contributed by atoms with van der Waals surface area (Å²) >= 11 is 3.00. The predicted octanol–water partition coefficient (Wildman–Crippen LogP) is 2.85. The van der Waals surface area contributed by atoms with Crippen LogP contribution in [0.3, 0.4) is 0 Å². The molecule has 128 valence electrons. The Hall–Kier alpha value is -0.900. The summed E-state index contributed by atoms with van der Waals surface area (Å²) in [5.74, 6) is 0.855. The second-order valence-corrected chi connectivity index (χ2v) is 7.93. The van der Waals surface area contributed by atoms with Gasteiger partial charge in [0.2, 0.25) is 5.13 Å². The third-order valence-electron chi connectivity index (χ3n) is 3.84. The van der Waals surface area contributed by atoms with Gasteiger partial charge in [0.05, 0.1) is 13.2 Å². The fraction of sp³-hybridized carbons (Fsp3) is 0.786. The van der Waals surface area contributed by atoms with E-state index in [4.69, 9.17) is 9.47 Å². The summed E-state index contributed by atoms with van der Waals surface area (Å²) in [4.78, 5) is 12.0. The van der Waals surface area contributed by atoms with E-state index in [1.54, 1.807) is 11.8 Å². The highest BCUT2D eigenvalue weighted by Gasteiger charge is 2.18. The standard InChI is InChI=1S/C14H22N4O3S2/c19-12(15-10-4-2-1-3-5-10)16-13-17-18-14(23-13)22-9-6-11-20-7-8-21-11/h10-11H,1-9H2,(H2,15,16,17,19). The van der Waals surface area contributed by atoms with Crippen LogP contribution in [0.2, 0.25) is 0 Å². The second kappa shape index (κ2) is 8.81. The smallest absolute Gasteiger partial charge is 0.321 e. The largest absolute Gasteiger partial charge is 0.350 e. The van der Waals surface area contributed by atoms with Gasteiger partial charge in [0.15, 0.2) is 10.6 Å². The van der Waals surface area contributed by atoms with Crippen molar-refractivity contribution >= 4 is 34.3 Å². The highest BCUT2D eigenvalue weighted by atomic mass is 32.2. The fourth-order valence-corrected chi connectivity index (χ4v) is 4.48. The van der Waals surface area contributed by atoms with Crippen LogP contribution in [0.15, 0.2) is 4.34 Å². The van der Waals surface area contributed by atoms with Gasteiger partial charge < -0.3 is 14.8 Å². The number of carbonyl (C=O) groups excluding carboxylic acids is 1. The van der Waals surface area contributed by atoms with Crippen LogP contribution < -0.4 is 10.6 Å². The number of urea groups is 1. The first-order valence-electron chi connectivity index (χ1n) is 8.06. The molecule has 1 saturated heterocycles. The molecule has 0 spiro atoms. The van der Waals surface area contributed by atoms with Crippen molar-refractivity contribution in [2.45, 2.75) is 55.2 Å². The number of thioether (sulfide) groups is 1. The molecule has 0 aromatic carbocycles. The molecule has 1 aliphatic carbocycles. The molecule has 1 aromatic rings. The molecule has 1 saturated carbocycles. The molecule has 1 aliphatic heterocycles. The highest BCUT2D eigenvalue weighted by molar-refractivity contribution is 8.01. The van der Waals surface area contributed by atoms with Crippen LogP contribution in [0.25, 0.3) is 0 Å². The van der Waals surface area contributed by atoms with Crippen molar-refractivity contribution in [3.8, 4) is 0 Å². The Balaban J connectivity index is 1.36. The van der Waals surface area contributed by atoms with E-state index < -0.39 is 0 Å². The van der Waals surface area contributed by atoms with Crippen molar-refractivity contribution in [2.75, 3.05) is 24.3 Å². The van der Waals surface area contributed by atoms with Crippen LogP contribution >= 0.6 is 23.1 Å². The molecular formula is C14H22N4O3S2. The summed E-state index contributed by atoms with van der Waals surface area (Å²) in [6, 6.07) is 0.106. The first-order chi connectivity index (χ1) is 11.3. The summed E-state index contributed by atoms with van der Waals surface area (Å²) in [6.07, 6.45) is 6.53. The molecule has 7 nitrogen and oxygen atoms in total. The maximum absolute atomic E-state index is 12.0. The third-order valence-corrected chi connectivity index (χ3v) is 5.84. The van der Waals surface area contributed by atoms with E-state index in [1.807, 2.05) is 0 Å². The molecule has 0 atom stereocenters. The summed E-state index contributed by atoms with van der Waals surface area (Å²) < 4.78 is 11.6. The van der Waals surface area contributed by atoms with Crippen molar-refractivity contribution in [3.63, 3.8) is 0 Å². The lowest BCUT2D eigenvalue weighted by atomic mass is 9.96. The molecule has 3 rings (SSSR count). The van der Waals surface area contributed by atoms with Gasteiger partial charge >= 0.3 is 6.03 Å². The Kier molecular flexibility index (Phi) is 6.49. The van der Waals surface area contributed by atoms with Crippen LogP contribution in [-0.2, 0) is 9.47 Å². The van der Waals surface area contributed by atoms with Gasteiger partial charge in [-0.25, -0.2) is 4.79 Å². The summed E-state index contributed by atoms with van der Waals surface area (Å²) in [6.45, 7) is 1.36. The van der Waals surface area contributed by atoms with E-state index in [1.165, 1.54) is 30.6 Å². The van der Waals surface area contributed by atoms with E-state index in [0.717, 1.165) is 29.4 Å². The molecule has 2 heterocycles. The summed E-state index contributed by atoms with van der Waals surface area (Å²) in [5, 5.41) is 14.4. The highest BCUT2D eigenvalue weighted by Crippen LogP contribution is 2.27. The number of hydrogen-bond donors (Lipinski definition) is 2. The average molecular weight is 358 g/mol. The van der Waals surface area contributed by atoms with Gasteiger partial charge in [-0.1, -0.05) is 42.4 Å². The SMILES string of the molecule is O=C(Nc1nnc(SCCC2OCCO2)s1)NC1CCCCC1. The number of amides is 2. The Morgan fingerprint density at radius 3 is 2.78 bits per heavy atom. The van der Waals surface area contributed by atoms with Gasteiger partial charge in [0, 0.05) is 18.2 Å². The molecule has 0 radical (unpaired) electrons. The van der Waals surface area contributed by atoms with Gasteiger partial charge in [-0.05, 0) is 12.8 Å². The number of rotatable bonds is 6. The van der Waals surface area contributed by atoms with Crippen molar-refractivity contribution < 1.29 is 14.3 Å². The maximum Gasteiger partial charge on any atom is 0.321 e.